The van der Waals surface area contributed by atoms with Crippen LogP contribution in [-0.4, -0.2) is 11.1 Å². The van der Waals surface area contributed by atoms with Crippen molar-refractivity contribution in [3.8, 4) is 0 Å². The maximum Gasteiger partial charge on any atom is 0.313 e. The minimum atomic E-state index is -0.642. The molecule has 2 bridgehead atoms. The Hall–Kier alpha value is -0.310. The highest BCUT2D eigenvalue weighted by Gasteiger charge is 2.61. The smallest absolute Gasteiger partial charge is 0.313 e. The third kappa shape index (κ3) is 0.992. The summed E-state index contributed by atoms with van der Waals surface area (Å²) in [6.07, 6.45) is 2.70. The molecule has 2 rings (SSSR count). The van der Waals surface area contributed by atoms with Crippen molar-refractivity contribution in [3.63, 3.8) is 0 Å². The Labute approximate surface area is 92.5 Å². The van der Waals surface area contributed by atoms with Crippen LogP contribution < -0.4 is 0 Å². The van der Waals surface area contributed by atoms with Crippen LogP contribution in [0.2, 0.25) is 0 Å². The van der Waals surface area contributed by atoms with Crippen molar-refractivity contribution < 1.29 is 9.90 Å². The van der Waals surface area contributed by atoms with Crippen LogP contribution in [0.25, 0.3) is 0 Å². The summed E-state index contributed by atoms with van der Waals surface area (Å²) in [5, 5.41) is 9.36. The average molecular weight is 259 g/mol. The maximum absolute atomic E-state index is 11.4. The zero-order valence-corrected chi connectivity index (χ0v) is 10.1. The van der Waals surface area contributed by atoms with Gasteiger partial charge < -0.3 is 5.11 Å². The third-order valence-corrected chi connectivity index (χ3v) is 4.72. The van der Waals surface area contributed by atoms with Gasteiger partial charge in [-0.2, -0.15) is 0 Å². The van der Waals surface area contributed by atoms with E-state index < -0.39 is 11.4 Å². The van der Waals surface area contributed by atoms with Crippen LogP contribution in [0.5, 0.6) is 0 Å². The minimum absolute atomic E-state index is 0.0557. The van der Waals surface area contributed by atoms with Gasteiger partial charge in [0, 0.05) is 0 Å². The van der Waals surface area contributed by atoms with Gasteiger partial charge in [-0.25, -0.2) is 0 Å². The largest absolute Gasteiger partial charge is 0.481 e. The SMILES string of the molecule is CC1(C)/C(=C/Br)C2(C(=O)O)CCC1C2. The second kappa shape index (κ2) is 2.84. The number of fused-ring (bicyclic) bond motifs is 2. The van der Waals surface area contributed by atoms with Crippen molar-refractivity contribution in [1.29, 1.82) is 0 Å². The average Bonchev–Trinajstić information content (AvgIpc) is 2.58. The van der Waals surface area contributed by atoms with Crippen molar-refractivity contribution in [2.75, 3.05) is 0 Å². The van der Waals surface area contributed by atoms with Crippen LogP contribution in [0.15, 0.2) is 10.6 Å². The fourth-order valence-corrected chi connectivity index (χ4v) is 4.33. The van der Waals surface area contributed by atoms with E-state index >= 15 is 0 Å². The second-order valence-corrected chi connectivity index (χ2v) is 5.53. The van der Waals surface area contributed by atoms with Gasteiger partial charge in [0.15, 0.2) is 0 Å². The van der Waals surface area contributed by atoms with E-state index in [1.54, 1.807) is 0 Å². The van der Waals surface area contributed by atoms with E-state index in [-0.39, 0.29) is 5.41 Å². The Balaban J connectivity index is 2.52. The number of carboxylic acids is 1. The normalized spacial score (nSPS) is 41.9. The number of hydrogen-bond donors (Lipinski definition) is 1. The zero-order chi connectivity index (χ0) is 10.6. The molecule has 0 spiro atoms. The maximum atomic E-state index is 11.4. The van der Waals surface area contributed by atoms with Gasteiger partial charge in [0.05, 0.1) is 5.41 Å². The Morgan fingerprint density at radius 1 is 1.64 bits per heavy atom. The number of aliphatic carboxylic acids is 1. The molecule has 2 aliphatic rings. The molecule has 2 aliphatic carbocycles. The molecule has 78 valence electrons. The van der Waals surface area contributed by atoms with Crippen molar-refractivity contribution in [2.45, 2.75) is 33.1 Å². The van der Waals surface area contributed by atoms with Gasteiger partial charge in [-0.15, -0.1) is 0 Å². The van der Waals surface area contributed by atoms with Crippen LogP contribution in [0.1, 0.15) is 33.1 Å². The van der Waals surface area contributed by atoms with E-state index in [0.717, 1.165) is 24.8 Å². The summed E-state index contributed by atoms with van der Waals surface area (Å²) in [6.45, 7) is 4.32. The summed E-state index contributed by atoms with van der Waals surface area (Å²) in [5.41, 5.74) is 0.575. The van der Waals surface area contributed by atoms with E-state index in [1.165, 1.54) is 0 Å². The summed E-state index contributed by atoms with van der Waals surface area (Å²) in [4.78, 5) is 13.2. The van der Waals surface area contributed by atoms with Crippen molar-refractivity contribution in [2.24, 2.45) is 16.7 Å². The molecule has 0 aromatic heterocycles. The van der Waals surface area contributed by atoms with E-state index in [0.29, 0.717) is 5.92 Å². The first-order valence-electron chi connectivity index (χ1n) is 5.00. The molecule has 0 amide bonds. The first-order valence-corrected chi connectivity index (χ1v) is 5.91. The van der Waals surface area contributed by atoms with Gasteiger partial charge in [0.25, 0.3) is 0 Å². The molecule has 0 saturated heterocycles. The molecule has 2 atom stereocenters. The molecular formula is C11H15BrO2. The predicted octanol–water partition coefficient (Wildman–Crippen LogP) is 3.18. The number of carbonyl (C=O) groups is 1. The Morgan fingerprint density at radius 3 is 2.71 bits per heavy atom. The fraction of sp³-hybridized carbons (Fsp3) is 0.727. The lowest BCUT2D eigenvalue weighted by molar-refractivity contribution is -0.146. The molecule has 2 saturated carbocycles. The Kier molecular flexibility index (Phi) is 2.08. The zero-order valence-electron chi connectivity index (χ0n) is 8.51. The van der Waals surface area contributed by atoms with Gasteiger partial charge in [-0.05, 0) is 41.2 Å². The van der Waals surface area contributed by atoms with E-state index in [2.05, 4.69) is 29.8 Å². The molecule has 3 heteroatoms. The highest BCUT2D eigenvalue weighted by molar-refractivity contribution is 9.11. The van der Waals surface area contributed by atoms with Gasteiger partial charge >= 0.3 is 5.97 Å². The monoisotopic (exact) mass is 258 g/mol. The van der Waals surface area contributed by atoms with Crippen LogP contribution in [0.3, 0.4) is 0 Å². The minimum Gasteiger partial charge on any atom is -0.481 e. The van der Waals surface area contributed by atoms with Gasteiger partial charge in [0.1, 0.15) is 0 Å². The van der Waals surface area contributed by atoms with E-state index in [9.17, 15) is 9.90 Å². The number of rotatable bonds is 1. The molecule has 0 radical (unpaired) electrons. The molecule has 0 aliphatic heterocycles. The summed E-state index contributed by atoms with van der Waals surface area (Å²) in [7, 11) is 0. The van der Waals surface area contributed by atoms with Crippen LogP contribution in [-0.2, 0) is 4.79 Å². The third-order valence-electron chi connectivity index (χ3n) is 4.26. The lowest BCUT2D eigenvalue weighted by Crippen LogP contribution is -2.33. The van der Waals surface area contributed by atoms with Crippen LogP contribution >= 0.6 is 15.9 Å². The lowest BCUT2D eigenvalue weighted by atomic mass is 9.68. The fourth-order valence-electron chi connectivity index (χ4n) is 3.30. The van der Waals surface area contributed by atoms with Crippen LogP contribution in [0.4, 0.5) is 0 Å². The Morgan fingerprint density at radius 2 is 2.29 bits per heavy atom. The summed E-state index contributed by atoms with van der Waals surface area (Å²) in [6, 6.07) is 0. The molecule has 0 aromatic rings. The summed E-state index contributed by atoms with van der Waals surface area (Å²) >= 11 is 3.33. The van der Waals surface area contributed by atoms with E-state index in [1.807, 2.05) is 4.99 Å². The second-order valence-electron chi connectivity index (χ2n) is 5.07. The molecule has 2 unspecified atom stereocenters. The molecule has 2 nitrogen and oxygen atoms in total. The number of hydrogen-bond acceptors (Lipinski definition) is 1. The van der Waals surface area contributed by atoms with Gasteiger partial charge in [-0.1, -0.05) is 29.8 Å². The van der Waals surface area contributed by atoms with Crippen molar-refractivity contribution in [3.05, 3.63) is 10.6 Å². The number of carboxylic acid groups (broad SMARTS) is 1. The van der Waals surface area contributed by atoms with E-state index in [4.69, 9.17) is 0 Å². The van der Waals surface area contributed by atoms with Gasteiger partial charge in [-0.3, -0.25) is 4.79 Å². The predicted molar refractivity (Wildman–Crippen MR) is 58.2 cm³/mol. The standard InChI is InChI=1S/C11H15BrO2/c1-10(2)7-3-4-11(5-7,9(13)14)8(10)6-12/h6-7H,3-5H2,1-2H3,(H,13,14)/b8-6-. The van der Waals surface area contributed by atoms with Crippen LogP contribution in [0, 0.1) is 16.7 Å². The summed E-state index contributed by atoms with van der Waals surface area (Å²) < 4.78 is 0. The topological polar surface area (TPSA) is 37.3 Å². The van der Waals surface area contributed by atoms with Crippen molar-refractivity contribution in [1.82, 2.24) is 0 Å². The molecule has 14 heavy (non-hydrogen) atoms. The molecule has 0 aromatic carbocycles. The first kappa shape index (κ1) is 10.2. The number of halogens is 1. The first-order chi connectivity index (χ1) is 6.45. The highest BCUT2D eigenvalue weighted by Crippen LogP contribution is 2.66. The summed E-state index contributed by atoms with van der Waals surface area (Å²) in [5.74, 6) is -0.0984. The molecule has 1 N–H and O–H groups in total. The molecular weight excluding hydrogens is 244 g/mol. The Bertz CT molecular complexity index is 319. The highest BCUT2D eigenvalue weighted by atomic mass is 79.9. The quantitative estimate of drug-likeness (QED) is 0.785. The molecule has 0 heterocycles. The molecule has 2 fully saturated rings. The van der Waals surface area contributed by atoms with Crippen molar-refractivity contribution >= 4 is 21.9 Å². The lowest BCUT2D eigenvalue weighted by Gasteiger charge is -2.36. The van der Waals surface area contributed by atoms with Gasteiger partial charge in [0.2, 0.25) is 0 Å².